The maximum absolute atomic E-state index is 12.1. The minimum absolute atomic E-state index is 0.138. The molecule has 1 aromatic rings. The Hall–Kier alpha value is -3.20. The second-order valence-electron chi connectivity index (χ2n) is 14.2. The number of aliphatic carboxylic acids is 1. The van der Waals surface area contributed by atoms with Gasteiger partial charge < -0.3 is 92.5 Å². The minimum Gasteiger partial charge on any atom is -0.481 e. The summed E-state index contributed by atoms with van der Waals surface area (Å²) < 4.78 is 22.9. The maximum atomic E-state index is 12.1. The molecule has 24 heteroatoms. The quantitative estimate of drug-likeness (QED) is 0.0286. The lowest BCUT2D eigenvalue weighted by Gasteiger charge is -2.46. The number of aliphatic hydroxyl groups excluding tert-OH is 6. The normalized spacial score (nSPS) is 35.5. The van der Waals surface area contributed by atoms with Crippen molar-refractivity contribution in [2.24, 2.45) is 22.2 Å². The van der Waals surface area contributed by atoms with Crippen molar-refractivity contribution in [3.8, 4) is 0 Å². The molecule has 336 valence electrons. The van der Waals surface area contributed by atoms with Gasteiger partial charge in [-0.1, -0.05) is 12.1 Å². The summed E-state index contributed by atoms with van der Waals surface area (Å²) in [7, 11) is 1.42. The predicted molar refractivity (Wildman–Crippen MR) is 213 cm³/mol. The van der Waals surface area contributed by atoms with E-state index in [1.165, 1.54) is 14.0 Å². The Balaban J connectivity index is 0.000000410. The van der Waals surface area contributed by atoms with Gasteiger partial charge in [0.2, 0.25) is 0 Å². The fourth-order valence-electron chi connectivity index (χ4n) is 7.02. The zero-order valence-corrected chi connectivity index (χ0v) is 34.0. The lowest BCUT2D eigenvalue weighted by atomic mass is 9.81. The number of aliphatic imine (C=N–C) groups is 1. The van der Waals surface area contributed by atoms with Crippen molar-refractivity contribution < 1.29 is 69.4 Å². The van der Waals surface area contributed by atoms with Crippen LogP contribution in [0.1, 0.15) is 25.3 Å². The van der Waals surface area contributed by atoms with Gasteiger partial charge >= 0.3 is 5.97 Å². The Morgan fingerprint density at radius 3 is 2.10 bits per heavy atom. The van der Waals surface area contributed by atoms with Gasteiger partial charge in [-0.2, -0.15) is 0 Å². The van der Waals surface area contributed by atoms with E-state index in [1.54, 1.807) is 0 Å². The highest BCUT2D eigenvalue weighted by molar-refractivity contribution is 6.18. The molecule has 3 fully saturated rings. The van der Waals surface area contributed by atoms with Crippen molar-refractivity contribution in [3.05, 3.63) is 29.8 Å². The van der Waals surface area contributed by atoms with Crippen LogP contribution in [0.25, 0.3) is 0 Å². The second-order valence-corrected chi connectivity index (χ2v) is 15.0. The summed E-state index contributed by atoms with van der Waals surface area (Å²) >= 11 is 11.5. The molecule has 0 radical (unpaired) electrons. The van der Waals surface area contributed by atoms with Crippen LogP contribution >= 0.6 is 23.2 Å². The maximum Gasteiger partial charge on any atom is 0.303 e. The Kier molecular flexibility index (Phi) is 19.7. The molecular weight excluding hydrogens is 827 g/mol. The largest absolute Gasteiger partial charge is 0.481 e. The third-order valence-corrected chi connectivity index (χ3v) is 10.6. The van der Waals surface area contributed by atoms with Gasteiger partial charge in [0.1, 0.15) is 54.9 Å². The Bertz CT molecular complexity index is 1520. The molecular formula is C35H58Cl2N8O14. The zero-order chi connectivity index (χ0) is 44.2. The molecule has 59 heavy (non-hydrogen) atoms. The van der Waals surface area contributed by atoms with E-state index >= 15 is 0 Å². The number of nitrogens with two attached hydrogens (primary N) is 3. The van der Waals surface area contributed by atoms with Crippen LogP contribution in [-0.4, -0.2) is 195 Å². The summed E-state index contributed by atoms with van der Waals surface area (Å²) in [6.45, 7) is 2.16. The van der Waals surface area contributed by atoms with Crippen LogP contribution in [0.3, 0.4) is 0 Å². The number of aryl methyl sites for hydroxylation is 1. The number of anilines is 1. The molecule has 0 unspecified atom stereocenters. The number of carboxylic acid groups (broad SMARTS) is 1. The number of guanidine groups is 2. The van der Waals surface area contributed by atoms with Crippen LogP contribution < -0.4 is 32.7 Å². The number of likely N-dealkylation sites (N-methyl/N-ethyl adjacent to an activating group) is 1. The summed E-state index contributed by atoms with van der Waals surface area (Å²) in [6, 6.07) is 4.13. The van der Waals surface area contributed by atoms with Crippen molar-refractivity contribution in [1.29, 1.82) is 5.41 Å². The van der Waals surface area contributed by atoms with Crippen molar-refractivity contribution in [1.82, 2.24) is 10.6 Å². The lowest BCUT2D eigenvalue weighted by molar-refractivity contribution is -0.314. The van der Waals surface area contributed by atoms with E-state index in [1.807, 2.05) is 24.3 Å². The van der Waals surface area contributed by atoms with Crippen LogP contribution in [0.4, 0.5) is 5.69 Å². The monoisotopic (exact) mass is 884 g/mol. The second kappa shape index (κ2) is 23.1. The number of aliphatic hydroxyl groups is 7. The van der Waals surface area contributed by atoms with Gasteiger partial charge in [-0.15, -0.1) is 23.2 Å². The number of rotatable bonds is 18. The number of nitrogens with zero attached hydrogens (tertiary/aromatic N) is 2. The molecule has 3 aliphatic rings. The van der Waals surface area contributed by atoms with E-state index in [0.717, 1.165) is 30.8 Å². The predicted octanol–water partition coefficient (Wildman–Crippen LogP) is -4.57. The molecule has 22 nitrogen and oxygen atoms in total. The van der Waals surface area contributed by atoms with Gasteiger partial charge in [-0.25, -0.2) is 4.99 Å². The molecule has 0 amide bonds. The highest BCUT2D eigenvalue weighted by Crippen LogP contribution is 2.38. The number of carboxylic acids is 1. The highest BCUT2D eigenvalue weighted by Gasteiger charge is 2.60. The smallest absolute Gasteiger partial charge is 0.303 e. The third kappa shape index (κ3) is 12.7. The molecule has 2 saturated heterocycles. The molecule has 1 saturated carbocycles. The number of alkyl halides is 2. The van der Waals surface area contributed by atoms with E-state index in [9.17, 15) is 45.3 Å². The number of benzene rings is 1. The number of ether oxygens (including phenoxy) is 4. The van der Waals surface area contributed by atoms with Crippen molar-refractivity contribution in [2.45, 2.75) is 117 Å². The van der Waals surface area contributed by atoms with E-state index in [2.05, 4.69) is 20.5 Å². The van der Waals surface area contributed by atoms with Crippen molar-refractivity contribution >= 4 is 53.1 Å². The van der Waals surface area contributed by atoms with Crippen LogP contribution in [0, 0.1) is 5.41 Å². The first-order valence-electron chi connectivity index (χ1n) is 18.7. The van der Waals surface area contributed by atoms with Gasteiger partial charge in [-0.3, -0.25) is 15.0 Å². The fraction of sp³-hybridized carbons (Fsp3) is 0.714. The van der Waals surface area contributed by atoms with Gasteiger partial charge in [0, 0.05) is 37.0 Å². The zero-order valence-electron chi connectivity index (χ0n) is 32.5. The number of hydrogen-bond donors (Lipinski definition) is 14. The summed E-state index contributed by atoms with van der Waals surface area (Å²) in [5, 5.41) is 95.2. The molecule has 1 aliphatic carbocycles. The van der Waals surface area contributed by atoms with Gasteiger partial charge in [0.15, 0.2) is 36.4 Å². The molecule has 2 heterocycles. The fourth-order valence-corrected chi connectivity index (χ4v) is 7.43. The first kappa shape index (κ1) is 50.2. The van der Waals surface area contributed by atoms with Crippen molar-refractivity contribution in [3.63, 3.8) is 0 Å². The molecule has 0 spiro atoms. The van der Waals surface area contributed by atoms with E-state index in [0.29, 0.717) is 18.2 Å². The molecule has 1 aromatic carbocycles. The van der Waals surface area contributed by atoms with Gasteiger partial charge in [-0.05, 0) is 44.5 Å². The van der Waals surface area contributed by atoms with Crippen LogP contribution in [0.5, 0.6) is 0 Å². The Morgan fingerprint density at radius 2 is 1.59 bits per heavy atom. The summed E-state index contributed by atoms with van der Waals surface area (Å²) in [4.78, 5) is 28.4. The number of carbonyl (C=O) groups is 2. The molecule has 0 bridgehead atoms. The minimum atomic E-state index is -2.39. The Labute approximate surface area is 350 Å². The van der Waals surface area contributed by atoms with Gasteiger partial charge in [0.25, 0.3) is 0 Å². The summed E-state index contributed by atoms with van der Waals surface area (Å²) in [6.07, 6.45) is -15.6. The van der Waals surface area contributed by atoms with Gasteiger partial charge in [0.05, 0.1) is 24.8 Å². The molecule has 2 aliphatic heterocycles. The number of hydrogen-bond acceptors (Lipinski definition) is 17. The first-order chi connectivity index (χ1) is 27.9. The molecule has 0 aromatic heterocycles. The summed E-state index contributed by atoms with van der Waals surface area (Å²) in [5.74, 6) is -0.771. The van der Waals surface area contributed by atoms with Crippen LogP contribution in [0.15, 0.2) is 29.3 Å². The number of aldehydes is 1. The highest BCUT2D eigenvalue weighted by atomic mass is 35.5. The number of nitrogens with one attached hydrogen (secondary N) is 3. The topological polar surface area (TPSA) is 374 Å². The number of carbonyl (C=O) groups excluding carboxylic acids is 1. The molecule has 4 rings (SSSR count). The van der Waals surface area contributed by atoms with Crippen LogP contribution in [0.2, 0.25) is 0 Å². The summed E-state index contributed by atoms with van der Waals surface area (Å²) in [5.41, 5.74) is 16.1. The average Bonchev–Trinajstić information content (AvgIpc) is 3.42. The van der Waals surface area contributed by atoms with E-state index in [4.69, 9.17) is 69.9 Å². The van der Waals surface area contributed by atoms with E-state index < -0.39 is 116 Å². The average molecular weight is 886 g/mol. The van der Waals surface area contributed by atoms with E-state index in [-0.39, 0.29) is 12.7 Å². The van der Waals surface area contributed by atoms with Crippen LogP contribution in [-0.2, 0) is 35.0 Å². The standard InChI is InChI=1S/C21H39N7O12.C14H19Cl2NO2/c1-5-21(36,4-30)16(40-17-9(26-2)13(34)10(31)6(3-29)38-17)18(37-5)39-15-8(28-20(24)25)11(32)7(27-19(22)23)12(33)14(15)35;15-8-10-17(11-9-16)13-6-4-12(5-7-13)2-1-3-14(18)19/h4-18,26,29,31-36H,3H2,1-2H3,(H4,22,23,27)(H4,24,25,28);4-7H,1-3,8-11H2,(H,18,19)/t5-,6-,7+,8-,9-,10-,11+,12-,13-,14+,15+,16-,17-,18-,21+;/m0./s1. The first-order valence-corrected chi connectivity index (χ1v) is 19.8. The van der Waals surface area contributed by atoms with Crippen molar-refractivity contribution in [2.75, 3.05) is 43.4 Å². The SMILES string of the molecule is CN[C@@H]1[C@H](O[C@H]2[C@H](O[C@H]3[C@H](O)[C@@H](O)[C@H](N=C(N)N)[C@@H](O)[C@@H]3NC(=N)N)O[C@@H](C)[C@]2(O)C=O)O[C@@H](CO)[C@H](O)[C@H]1O.O=C(O)CCCc1ccc(N(CCCl)CCCl)cc1. The molecule has 15 atom stereocenters. The third-order valence-electron chi connectivity index (χ3n) is 10.3. The Morgan fingerprint density at radius 1 is 0.966 bits per heavy atom. The number of halogens is 2. The molecule has 17 N–H and O–H groups in total. The lowest BCUT2D eigenvalue weighted by Crippen LogP contribution is -2.70.